The van der Waals surface area contributed by atoms with Crippen LogP contribution in [-0.2, 0) is 17.8 Å². The highest BCUT2D eigenvalue weighted by molar-refractivity contribution is 14.0. The summed E-state index contributed by atoms with van der Waals surface area (Å²) in [6, 6.07) is 8.13. The monoisotopic (exact) mass is 513 g/mol. The van der Waals surface area contributed by atoms with Crippen LogP contribution in [0.1, 0.15) is 42.5 Å². The Bertz CT molecular complexity index is 820. The summed E-state index contributed by atoms with van der Waals surface area (Å²) in [5, 5.41) is 9.46. The molecule has 0 saturated heterocycles. The number of aromatic nitrogens is 1. The molecular formula is C20H28IN5OS. The number of nitrogens with one attached hydrogen (secondary N) is 2. The summed E-state index contributed by atoms with van der Waals surface area (Å²) >= 11 is 1.64. The summed E-state index contributed by atoms with van der Waals surface area (Å²) in [4.78, 5) is 23.4. The van der Waals surface area contributed by atoms with Gasteiger partial charge in [-0.3, -0.25) is 9.79 Å². The van der Waals surface area contributed by atoms with Crippen molar-refractivity contribution in [2.45, 2.75) is 39.2 Å². The molecule has 0 spiro atoms. The van der Waals surface area contributed by atoms with Crippen LogP contribution in [0.2, 0.25) is 0 Å². The van der Waals surface area contributed by atoms with Crippen molar-refractivity contribution in [3.8, 4) is 0 Å². The van der Waals surface area contributed by atoms with Crippen LogP contribution in [0.5, 0.6) is 0 Å². The van der Waals surface area contributed by atoms with Crippen LogP contribution >= 0.6 is 35.3 Å². The summed E-state index contributed by atoms with van der Waals surface area (Å²) in [5.41, 5.74) is 3.38. The normalized spacial score (nSPS) is 13.7. The Hall–Kier alpha value is -1.68. The first kappa shape index (κ1) is 22.6. The first-order valence-electron chi connectivity index (χ1n) is 9.35. The van der Waals surface area contributed by atoms with Crippen LogP contribution in [0, 0.1) is 0 Å². The van der Waals surface area contributed by atoms with Crippen molar-refractivity contribution in [3.05, 3.63) is 45.9 Å². The van der Waals surface area contributed by atoms with Crippen molar-refractivity contribution in [3.63, 3.8) is 0 Å². The average molecular weight is 513 g/mol. The molecule has 0 aliphatic carbocycles. The van der Waals surface area contributed by atoms with Crippen LogP contribution in [0.15, 0.2) is 34.6 Å². The topological polar surface area (TPSA) is 69.6 Å². The number of anilines is 1. The lowest BCUT2D eigenvalue weighted by Gasteiger charge is -2.29. The zero-order valence-electron chi connectivity index (χ0n) is 16.6. The van der Waals surface area contributed by atoms with Crippen molar-refractivity contribution >= 4 is 52.9 Å². The van der Waals surface area contributed by atoms with E-state index in [1.807, 2.05) is 23.1 Å². The van der Waals surface area contributed by atoms with E-state index in [2.05, 4.69) is 45.9 Å². The average Bonchev–Trinajstić information content (AvgIpc) is 3.17. The van der Waals surface area contributed by atoms with Gasteiger partial charge in [-0.25, -0.2) is 4.98 Å². The van der Waals surface area contributed by atoms with Crippen LogP contribution in [0.25, 0.3) is 0 Å². The van der Waals surface area contributed by atoms with E-state index in [4.69, 9.17) is 0 Å². The van der Waals surface area contributed by atoms with Crippen LogP contribution in [0.4, 0.5) is 5.69 Å². The van der Waals surface area contributed by atoms with Crippen LogP contribution in [0.3, 0.4) is 0 Å². The maximum atomic E-state index is 12.7. The molecule has 0 unspecified atom stereocenters. The predicted molar refractivity (Wildman–Crippen MR) is 127 cm³/mol. The number of aliphatic imine (C=N–C) groups is 1. The Morgan fingerprint density at radius 1 is 1.32 bits per heavy atom. The fraction of sp³-hybridized carbons (Fsp3) is 0.450. The lowest BCUT2D eigenvalue weighted by Crippen LogP contribution is -2.45. The number of carbonyl (C=O) groups excluding carboxylic acids is 1. The highest BCUT2D eigenvalue weighted by Gasteiger charge is 2.22. The molecule has 2 heterocycles. The number of carbonyl (C=O) groups is 1. The molecule has 1 aliphatic rings. The second kappa shape index (κ2) is 10.8. The van der Waals surface area contributed by atoms with E-state index < -0.39 is 0 Å². The molecule has 0 bridgehead atoms. The fourth-order valence-electron chi connectivity index (χ4n) is 3.10. The van der Waals surface area contributed by atoms with Gasteiger partial charge in [0.25, 0.3) is 0 Å². The fourth-order valence-corrected chi connectivity index (χ4v) is 3.99. The molecular weight excluding hydrogens is 485 g/mol. The zero-order valence-corrected chi connectivity index (χ0v) is 19.7. The van der Waals surface area contributed by atoms with E-state index >= 15 is 0 Å². The minimum Gasteiger partial charge on any atom is -0.350 e. The molecule has 1 amide bonds. The summed E-state index contributed by atoms with van der Waals surface area (Å²) in [6.45, 7) is 5.84. The molecule has 0 saturated carbocycles. The molecule has 152 valence electrons. The van der Waals surface area contributed by atoms with Crippen molar-refractivity contribution in [2.75, 3.05) is 25.0 Å². The number of amides is 1. The van der Waals surface area contributed by atoms with Crippen molar-refractivity contribution in [1.82, 2.24) is 15.6 Å². The molecule has 0 atom stereocenters. The Labute approximate surface area is 187 Å². The van der Waals surface area contributed by atoms with Gasteiger partial charge >= 0.3 is 0 Å². The number of para-hydroxylation sites is 1. The van der Waals surface area contributed by atoms with E-state index in [-0.39, 0.29) is 36.4 Å². The van der Waals surface area contributed by atoms with E-state index in [1.54, 1.807) is 18.4 Å². The summed E-state index contributed by atoms with van der Waals surface area (Å²) < 4.78 is 0. The van der Waals surface area contributed by atoms with Crippen molar-refractivity contribution in [2.24, 2.45) is 4.99 Å². The van der Waals surface area contributed by atoms with E-state index in [9.17, 15) is 4.79 Å². The lowest BCUT2D eigenvalue weighted by atomic mass is 10.0. The quantitative estimate of drug-likeness (QED) is 0.365. The Morgan fingerprint density at radius 3 is 2.82 bits per heavy atom. The Balaban J connectivity index is 0.00000280. The van der Waals surface area contributed by atoms with Crippen LogP contribution in [-0.4, -0.2) is 37.0 Å². The minimum absolute atomic E-state index is 0. The van der Waals surface area contributed by atoms with Gasteiger partial charge in [0.1, 0.15) is 5.01 Å². The molecule has 1 aromatic carbocycles. The lowest BCUT2D eigenvalue weighted by molar-refractivity contribution is -0.117. The molecule has 8 heteroatoms. The Morgan fingerprint density at radius 2 is 2.11 bits per heavy atom. The number of thiazole rings is 1. The standard InChI is InChI=1S/C20H27N5OS.HI/c1-14(2)16-13-27-18(24-16)11-22-20(21-3)23-12-19(26)25-10-6-8-15-7-4-5-9-17(15)25;/h4-5,7,9,13-14H,6,8,10-12H2,1-3H3,(H2,21,22,23);1H. The van der Waals surface area contributed by atoms with Gasteiger partial charge in [-0.2, -0.15) is 0 Å². The number of hydrogen-bond acceptors (Lipinski definition) is 4. The number of rotatable bonds is 5. The van der Waals surface area contributed by atoms with Crippen molar-refractivity contribution in [1.29, 1.82) is 0 Å². The number of benzene rings is 1. The third kappa shape index (κ3) is 5.66. The molecule has 28 heavy (non-hydrogen) atoms. The predicted octanol–water partition coefficient (Wildman–Crippen LogP) is 3.53. The second-order valence-corrected chi connectivity index (χ2v) is 7.82. The van der Waals surface area contributed by atoms with Gasteiger partial charge < -0.3 is 15.5 Å². The number of nitrogens with zero attached hydrogens (tertiary/aromatic N) is 3. The van der Waals surface area contributed by atoms with Crippen LogP contribution < -0.4 is 15.5 Å². The third-order valence-electron chi connectivity index (χ3n) is 4.61. The highest BCUT2D eigenvalue weighted by atomic mass is 127. The summed E-state index contributed by atoms with van der Waals surface area (Å²) in [7, 11) is 1.71. The van der Waals surface area contributed by atoms with Gasteiger partial charge in [-0.15, -0.1) is 35.3 Å². The molecule has 1 aliphatic heterocycles. The summed E-state index contributed by atoms with van der Waals surface area (Å²) in [5.74, 6) is 1.09. The van der Waals surface area contributed by atoms with E-state index in [0.29, 0.717) is 18.4 Å². The first-order chi connectivity index (χ1) is 13.1. The maximum absolute atomic E-state index is 12.7. The molecule has 6 nitrogen and oxygen atoms in total. The van der Waals surface area contributed by atoms with E-state index in [1.165, 1.54) is 5.56 Å². The first-order valence-corrected chi connectivity index (χ1v) is 10.2. The van der Waals surface area contributed by atoms with Gasteiger partial charge in [0, 0.05) is 24.7 Å². The minimum atomic E-state index is 0. The largest absolute Gasteiger partial charge is 0.350 e. The third-order valence-corrected chi connectivity index (χ3v) is 5.48. The van der Waals surface area contributed by atoms with Gasteiger partial charge in [0.2, 0.25) is 5.91 Å². The van der Waals surface area contributed by atoms with Gasteiger partial charge in [0.05, 0.1) is 18.8 Å². The molecule has 0 radical (unpaired) electrons. The van der Waals surface area contributed by atoms with Gasteiger partial charge in [0.15, 0.2) is 5.96 Å². The van der Waals surface area contributed by atoms with E-state index in [0.717, 1.165) is 35.8 Å². The number of aryl methyl sites for hydroxylation is 1. The molecule has 2 aromatic rings. The number of halogens is 1. The molecule has 3 rings (SSSR count). The SMILES string of the molecule is CN=C(NCC(=O)N1CCCc2ccccc21)NCc1nc(C(C)C)cs1.I. The maximum Gasteiger partial charge on any atom is 0.246 e. The van der Waals surface area contributed by atoms with Gasteiger partial charge in [-0.1, -0.05) is 32.0 Å². The van der Waals surface area contributed by atoms with Crippen molar-refractivity contribution < 1.29 is 4.79 Å². The smallest absolute Gasteiger partial charge is 0.246 e. The number of hydrogen-bond donors (Lipinski definition) is 2. The highest BCUT2D eigenvalue weighted by Crippen LogP contribution is 2.26. The Kier molecular flexibility index (Phi) is 8.68. The molecule has 0 fully saturated rings. The zero-order chi connectivity index (χ0) is 19.2. The number of fused-ring (bicyclic) bond motifs is 1. The van der Waals surface area contributed by atoms with Gasteiger partial charge in [-0.05, 0) is 30.4 Å². The summed E-state index contributed by atoms with van der Waals surface area (Å²) in [6.07, 6.45) is 2.03. The molecule has 2 N–H and O–H groups in total. The number of guanidine groups is 1. The molecule has 1 aromatic heterocycles. The second-order valence-electron chi connectivity index (χ2n) is 6.88.